The Bertz CT molecular complexity index is 1630. The van der Waals surface area contributed by atoms with Crippen molar-refractivity contribution in [3.63, 3.8) is 0 Å². The average Bonchev–Trinajstić information content (AvgIpc) is 3.38. The van der Waals surface area contributed by atoms with Crippen LogP contribution in [0.5, 0.6) is 5.75 Å². The molecule has 10 heteroatoms. The zero-order valence-corrected chi connectivity index (χ0v) is 16.5. The lowest BCUT2D eigenvalue weighted by Crippen LogP contribution is -2.28. The quantitative estimate of drug-likeness (QED) is 0.463. The summed E-state index contributed by atoms with van der Waals surface area (Å²) in [5, 5.41) is 9.23. The summed E-state index contributed by atoms with van der Waals surface area (Å²) in [4.78, 5) is 29.1. The Kier molecular flexibility index (Phi) is 3.85. The molecule has 0 fully saturated rings. The van der Waals surface area contributed by atoms with E-state index >= 15 is 0 Å². The molecule has 5 aromatic rings. The highest BCUT2D eigenvalue weighted by Crippen LogP contribution is 2.37. The Labute approximate surface area is 179 Å². The van der Waals surface area contributed by atoms with Gasteiger partial charge in [0.25, 0.3) is 0 Å². The Morgan fingerprint density at radius 1 is 1.22 bits per heavy atom. The van der Waals surface area contributed by atoms with Gasteiger partial charge in [-0.1, -0.05) is 12.1 Å². The molecular weight excluding hydrogens is 413 g/mol. The topological polar surface area (TPSA) is 114 Å². The van der Waals surface area contributed by atoms with Gasteiger partial charge in [0.05, 0.1) is 30.6 Å². The number of nitrogens with zero attached hydrogens (tertiary/aromatic N) is 6. The number of aromatic amines is 1. The summed E-state index contributed by atoms with van der Waals surface area (Å²) in [6.45, 7) is 0.278. The van der Waals surface area contributed by atoms with E-state index in [2.05, 4.69) is 26.0 Å². The van der Waals surface area contributed by atoms with E-state index in [0.29, 0.717) is 45.9 Å². The van der Waals surface area contributed by atoms with Crippen LogP contribution in [-0.4, -0.2) is 35.5 Å². The number of hydrogen-bond acceptors (Lipinski definition) is 6. The summed E-state index contributed by atoms with van der Waals surface area (Å²) >= 11 is 0. The average molecular weight is 427 g/mol. The van der Waals surface area contributed by atoms with Gasteiger partial charge in [0, 0.05) is 18.2 Å². The van der Waals surface area contributed by atoms with Gasteiger partial charge in [-0.2, -0.15) is 5.26 Å². The number of pyridine rings is 1. The third kappa shape index (κ3) is 2.61. The van der Waals surface area contributed by atoms with Crippen LogP contribution in [0.3, 0.4) is 0 Å². The number of para-hydroxylation sites is 1. The van der Waals surface area contributed by atoms with Gasteiger partial charge in [-0.05, 0) is 18.2 Å². The van der Waals surface area contributed by atoms with Crippen molar-refractivity contribution in [2.24, 2.45) is 0 Å². The van der Waals surface area contributed by atoms with E-state index in [-0.39, 0.29) is 18.0 Å². The van der Waals surface area contributed by atoms with Gasteiger partial charge in [0.1, 0.15) is 22.9 Å². The number of H-pyrrole nitrogens is 1. The SMILES string of the molecule is N#Cc1ccc2ncc(-c3ncc4[nH]c(=O)n([C@H]5CCOc6c(F)cccc65)c4n3)n2c1. The molecule has 1 aliphatic heterocycles. The Balaban J connectivity index is 1.56. The molecule has 32 heavy (non-hydrogen) atoms. The molecule has 0 spiro atoms. The van der Waals surface area contributed by atoms with Crippen LogP contribution < -0.4 is 10.4 Å². The van der Waals surface area contributed by atoms with Crippen LogP contribution in [0.15, 0.2) is 53.7 Å². The first-order valence-corrected chi connectivity index (χ1v) is 9.90. The zero-order chi connectivity index (χ0) is 21.8. The van der Waals surface area contributed by atoms with E-state index < -0.39 is 11.9 Å². The van der Waals surface area contributed by atoms with Crippen LogP contribution in [0.1, 0.15) is 23.6 Å². The first-order valence-electron chi connectivity index (χ1n) is 9.90. The maximum absolute atomic E-state index is 14.3. The summed E-state index contributed by atoms with van der Waals surface area (Å²) in [6.07, 6.45) is 5.30. The molecule has 6 rings (SSSR count). The summed E-state index contributed by atoms with van der Waals surface area (Å²) in [7, 11) is 0. The molecule has 1 atom stereocenters. The number of hydrogen-bond donors (Lipinski definition) is 1. The second-order valence-electron chi connectivity index (χ2n) is 7.44. The first kappa shape index (κ1) is 18.3. The predicted octanol–water partition coefficient (Wildman–Crippen LogP) is 2.82. The third-order valence-corrected chi connectivity index (χ3v) is 5.63. The minimum atomic E-state index is -0.463. The molecule has 1 aromatic carbocycles. The minimum absolute atomic E-state index is 0.157. The fraction of sp³-hybridized carbons (Fsp3) is 0.136. The number of rotatable bonds is 2. The van der Waals surface area contributed by atoms with Crippen LogP contribution in [0.4, 0.5) is 4.39 Å². The number of ether oxygens (including phenoxy) is 1. The summed E-state index contributed by atoms with van der Waals surface area (Å²) in [5.74, 6) is 0.0406. The highest BCUT2D eigenvalue weighted by Gasteiger charge is 2.28. The first-order chi connectivity index (χ1) is 15.6. The van der Waals surface area contributed by atoms with Crippen LogP contribution >= 0.6 is 0 Å². The zero-order valence-electron chi connectivity index (χ0n) is 16.5. The van der Waals surface area contributed by atoms with Crippen molar-refractivity contribution in [2.45, 2.75) is 12.5 Å². The molecule has 0 saturated carbocycles. The lowest BCUT2D eigenvalue weighted by atomic mass is 10.00. The Hall–Kier alpha value is -4.52. The smallest absolute Gasteiger partial charge is 0.328 e. The lowest BCUT2D eigenvalue weighted by Gasteiger charge is -2.26. The Morgan fingerprint density at radius 3 is 3.00 bits per heavy atom. The van der Waals surface area contributed by atoms with Gasteiger partial charge in [0.2, 0.25) is 0 Å². The summed E-state index contributed by atoms with van der Waals surface area (Å²) < 4.78 is 23.0. The van der Waals surface area contributed by atoms with Crippen LogP contribution in [-0.2, 0) is 0 Å². The van der Waals surface area contributed by atoms with Crippen LogP contribution in [0.25, 0.3) is 28.3 Å². The van der Waals surface area contributed by atoms with E-state index in [1.54, 1.807) is 41.1 Å². The highest BCUT2D eigenvalue weighted by molar-refractivity contribution is 5.73. The maximum atomic E-state index is 14.3. The van der Waals surface area contributed by atoms with Crippen molar-refractivity contribution < 1.29 is 9.13 Å². The number of aromatic nitrogens is 6. The van der Waals surface area contributed by atoms with Gasteiger partial charge in [-0.25, -0.2) is 24.1 Å². The number of benzene rings is 1. The largest absolute Gasteiger partial charge is 0.490 e. The fourth-order valence-corrected chi connectivity index (χ4v) is 4.18. The number of imidazole rings is 2. The van der Waals surface area contributed by atoms with Gasteiger partial charge in [0.15, 0.2) is 23.0 Å². The van der Waals surface area contributed by atoms with E-state index in [9.17, 15) is 14.4 Å². The predicted molar refractivity (Wildman–Crippen MR) is 112 cm³/mol. The standard InChI is InChI=1S/C22H14FN7O2/c23-14-3-1-2-13-16(6-7-32-19(13)14)30-21-15(27-22(30)31)9-26-20(28-21)17-10-25-18-5-4-12(8-24)11-29(17)18/h1-5,9-11,16H,6-7H2,(H,27,31)/t16-/m0/s1. The number of nitriles is 1. The van der Waals surface area contributed by atoms with E-state index in [4.69, 9.17) is 4.74 Å². The van der Waals surface area contributed by atoms with Crippen molar-refractivity contribution >= 4 is 16.8 Å². The minimum Gasteiger partial charge on any atom is -0.490 e. The van der Waals surface area contributed by atoms with Crippen molar-refractivity contribution in [2.75, 3.05) is 6.61 Å². The van der Waals surface area contributed by atoms with E-state index in [1.165, 1.54) is 16.8 Å². The van der Waals surface area contributed by atoms with Gasteiger partial charge in [-0.15, -0.1) is 0 Å². The summed E-state index contributed by atoms with van der Waals surface area (Å²) in [6, 6.07) is 9.77. The van der Waals surface area contributed by atoms with Crippen molar-refractivity contribution in [1.82, 2.24) is 28.9 Å². The van der Waals surface area contributed by atoms with Crippen LogP contribution in [0, 0.1) is 17.1 Å². The second kappa shape index (κ2) is 6.75. The molecule has 0 unspecified atom stereocenters. The number of nitrogens with one attached hydrogen (secondary N) is 1. The van der Waals surface area contributed by atoms with Crippen molar-refractivity contribution in [3.05, 3.63) is 76.4 Å². The summed E-state index contributed by atoms with van der Waals surface area (Å²) in [5.41, 5.74) is 2.78. The molecule has 4 aromatic heterocycles. The van der Waals surface area contributed by atoms with Gasteiger partial charge in [-0.3, -0.25) is 8.97 Å². The second-order valence-corrected chi connectivity index (χ2v) is 7.44. The van der Waals surface area contributed by atoms with Crippen molar-refractivity contribution in [3.8, 4) is 23.3 Å². The molecule has 0 bridgehead atoms. The molecule has 0 aliphatic carbocycles. The maximum Gasteiger partial charge on any atom is 0.328 e. The van der Waals surface area contributed by atoms with Gasteiger partial charge < -0.3 is 9.72 Å². The Morgan fingerprint density at radius 2 is 2.12 bits per heavy atom. The molecule has 0 amide bonds. The van der Waals surface area contributed by atoms with Gasteiger partial charge >= 0.3 is 5.69 Å². The third-order valence-electron chi connectivity index (χ3n) is 5.63. The van der Waals surface area contributed by atoms with E-state index in [0.717, 1.165) is 0 Å². The number of fused-ring (bicyclic) bond motifs is 3. The number of halogens is 1. The monoisotopic (exact) mass is 427 g/mol. The lowest BCUT2D eigenvalue weighted by molar-refractivity contribution is 0.244. The normalized spacial score (nSPS) is 15.4. The molecule has 0 radical (unpaired) electrons. The molecule has 1 aliphatic rings. The van der Waals surface area contributed by atoms with Crippen molar-refractivity contribution in [1.29, 1.82) is 5.26 Å². The fourth-order valence-electron chi connectivity index (χ4n) is 4.18. The molecule has 9 nitrogen and oxygen atoms in total. The molecular formula is C22H14FN7O2. The van der Waals surface area contributed by atoms with Crippen LogP contribution in [0.2, 0.25) is 0 Å². The molecule has 156 valence electrons. The highest BCUT2D eigenvalue weighted by atomic mass is 19.1. The molecule has 0 saturated heterocycles. The molecule has 1 N–H and O–H groups in total. The molecule has 5 heterocycles. The van der Waals surface area contributed by atoms with E-state index in [1.807, 2.05) is 0 Å².